The highest BCUT2D eigenvalue weighted by Gasteiger charge is 2.45. The molecule has 0 radical (unpaired) electrons. The normalized spacial score (nSPS) is 25.3. The maximum absolute atomic E-state index is 13.9. The largest absolute Gasteiger partial charge is 0.393 e. The van der Waals surface area contributed by atoms with Crippen molar-refractivity contribution in [1.82, 2.24) is 24.6 Å². The molecule has 4 atom stereocenters. The minimum absolute atomic E-state index is 0.0600. The van der Waals surface area contributed by atoms with Gasteiger partial charge in [0.25, 0.3) is 12.3 Å². The van der Waals surface area contributed by atoms with Crippen LogP contribution in [0.15, 0.2) is 41.8 Å². The molecular weight excluding hydrogens is 437 g/mol. The summed E-state index contributed by atoms with van der Waals surface area (Å²) >= 11 is 0. The number of aliphatic hydroxyl groups is 1. The third kappa shape index (κ3) is 3.65. The average molecular weight is 458 g/mol. The van der Waals surface area contributed by atoms with E-state index in [-0.39, 0.29) is 41.6 Å². The van der Waals surface area contributed by atoms with Crippen LogP contribution >= 0.6 is 0 Å². The molecule has 1 amide bonds. The quantitative estimate of drug-likeness (QED) is 0.651. The first-order valence-electron chi connectivity index (χ1n) is 10.6. The number of aliphatic hydroxyl groups excluding tert-OH is 1. The molecule has 11 heteroatoms. The van der Waals surface area contributed by atoms with Crippen LogP contribution < -0.4 is 0 Å². The van der Waals surface area contributed by atoms with Gasteiger partial charge in [0.05, 0.1) is 23.4 Å². The smallest absolute Gasteiger partial charge is 0.277 e. The Balaban J connectivity index is 1.44. The number of nitrogens with zero attached hydrogens (tertiary/aromatic N) is 6. The maximum Gasteiger partial charge on any atom is 0.277 e. The van der Waals surface area contributed by atoms with Crippen molar-refractivity contribution in [2.75, 3.05) is 13.1 Å². The molecule has 172 valence electrons. The zero-order valence-corrected chi connectivity index (χ0v) is 17.6. The lowest BCUT2D eigenvalue weighted by Crippen LogP contribution is -2.51. The minimum Gasteiger partial charge on any atom is -0.393 e. The summed E-state index contributed by atoms with van der Waals surface area (Å²) in [5.74, 6) is -2.01. The molecule has 2 aliphatic rings. The summed E-state index contributed by atoms with van der Waals surface area (Å²) in [5, 5.41) is 15.4. The lowest BCUT2D eigenvalue weighted by atomic mass is 9.79. The van der Waals surface area contributed by atoms with Crippen molar-refractivity contribution in [3.63, 3.8) is 0 Å². The van der Waals surface area contributed by atoms with Gasteiger partial charge in [-0.3, -0.25) is 9.78 Å². The zero-order chi connectivity index (χ0) is 23.3. The van der Waals surface area contributed by atoms with Gasteiger partial charge in [0.1, 0.15) is 17.7 Å². The fourth-order valence-corrected chi connectivity index (χ4v) is 4.85. The molecular formula is C22H21F3N6O2. The van der Waals surface area contributed by atoms with Gasteiger partial charge in [-0.25, -0.2) is 22.8 Å². The highest BCUT2D eigenvalue weighted by Crippen LogP contribution is 2.40. The van der Waals surface area contributed by atoms with E-state index in [0.29, 0.717) is 11.9 Å². The summed E-state index contributed by atoms with van der Waals surface area (Å²) in [5.41, 5.74) is 0.155. The predicted octanol–water partition coefficient (Wildman–Crippen LogP) is 3.02. The van der Waals surface area contributed by atoms with Crippen molar-refractivity contribution in [2.45, 2.75) is 31.9 Å². The number of carbonyl (C=O) groups is 1. The van der Waals surface area contributed by atoms with E-state index < -0.39 is 36.2 Å². The van der Waals surface area contributed by atoms with Crippen LogP contribution in [0, 0.1) is 17.7 Å². The van der Waals surface area contributed by atoms with Gasteiger partial charge in [-0.05, 0) is 18.6 Å². The van der Waals surface area contributed by atoms with E-state index in [2.05, 4.69) is 20.1 Å². The summed E-state index contributed by atoms with van der Waals surface area (Å²) in [6.07, 6.45) is -0.741. The number of halogens is 3. The van der Waals surface area contributed by atoms with Gasteiger partial charge in [0.15, 0.2) is 0 Å². The summed E-state index contributed by atoms with van der Waals surface area (Å²) in [6, 6.07) is 5.45. The summed E-state index contributed by atoms with van der Waals surface area (Å²) in [4.78, 5) is 26.8. The van der Waals surface area contributed by atoms with Crippen molar-refractivity contribution in [3.8, 4) is 0 Å². The van der Waals surface area contributed by atoms with Crippen molar-refractivity contribution in [3.05, 3.63) is 48.2 Å². The number of rotatable bonds is 3. The Labute approximate surface area is 186 Å². The molecule has 2 unspecified atom stereocenters. The number of hydrogen-bond acceptors (Lipinski definition) is 6. The molecule has 5 rings (SSSR count). The number of para-hydroxylation sites is 1. The lowest BCUT2D eigenvalue weighted by Gasteiger charge is -2.43. The number of hydrogen-bond donors (Lipinski definition) is 1. The predicted molar refractivity (Wildman–Crippen MR) is 113 cm³/mol. The van der Waals surface area contributed by atoms with Gasteiger partial charge < -0.3 is 10.0 Å². The second-order valence-electron chi connectivity index (χ2n) is 8.43. The van der Waals surface area contributed by atoms with Crippen LogP contribution in [0.2, 0.25) is 0 Å². The number of alkyl halides is 2. The van der Waals surface area contributed by atoms with E-state index in [1.54, 1.807) is 30.0 Å². The number of amides is 1. The topological polar surface area (TPSA) is 96.5 Å². The van der Waals surface area contributed by atoms with Crippen molar-refractivity contribution in [2.24, 2.45) is 16.8 Å². The molecule has 33 heavy (non-hydrogen) atoms. The Hall–Kier alpha value is -3.34. The van der Waals surface area contributed by atoms with E-state index in [0.717, 1.165) is 0 Å². The molecule has 8 nitrogen and oxygen atoms in total. The molecule has 1 N–H and O–H groups in total. The van der Waals surface area contributed by atoms with Gasteiger partial charge >= 0.3 is 0 Å². The monoisotopic (exact) mass is 458 g/mol. The van der Waals surface area contributed by atoms with Crippen LogP contribution in [0.4, 0.5) is 19.1 Å². The molecule has 0 aliphatic carbocycles. The van der Waals surface area contributed by atoms with Crippen molar-refractivity contribution < 1.29 is 23.1 Å². The van der Waals surface area contributed by atoms with Crippen LogP contribution in [0.25, 0.3) is 10.9 Å². The zero-order valence-electron chi connectivity index (χ0n) is 17.6. The van der Waals surface area contributed by atoms with Crippen LogP contribution in [0.5, 0.6) is 0 Å². The second-order valence-corrected chi connectivity index (χ2v) is 8.43. The van der Waals surface area contributed by atoms with Crippen LogP contribution in [-0.4, -0.2) is 67.0 Å². The number of aliphatic imine (C=N–C) groups is 1. The maximum atomic E-state index is 13.9. The van der Waals surface area contributed by atoms with Gasteiger partial charge in [-0.1, -0.05) is 19.1 Å². The average Bonchev–Trinajstić information content (AvgIpc) is 3.27. The number of benzene rings is 1. The molecule has 3 aromatic rings. The molecule has 2 aromatic heterocycles. The van der Waals surface area contributed by atoms with Gasteiger partial charge in [-0.15, -0.1) is 0 Å². The second kappa shape index (κ2) is 8.22. The van der Waals surface area contributed by atoms with E-state index in [9.17, 15) is 23.1 Å². The van der Waals surface area contributed by atoms with E-state index in [4.69, 9.17) is 0 Å². The van der Waals surface area contributed by atoms with Gasteiger partial charge in [0.2, 0.25) is 5.95 Å². The van der Waals surface area contributed by atoms with Crippen LogP contribution in [0.3, 0.4) is 0 Å². The van der Waals surface area contributed by atoms with Crippen LogP contribution in [-0.2, 0) is 0 Å². The number of aromatic nitrogens is 4. The van der Waals surface area contributed by atoms with Crippen LogP contribution in [0.1, 0.15) is 29.7 Å². The molecule has 0 saturated carbocycles. The highest BCUT2D eigenvalue weighted by molar-refractivity contribution is 5.97. The first-order chi connectivity index (χ1) is 15.8. The molecule has 0 spiro atoms. The first kappa shape index (κ1) is 21.5. The van der Waals surface area contributed by atoms with E-state index >= 15 is 0 Å². The first-order valence-corrected chi connectivity index (χ1v) is 10.6. The third-order valence-electron chi connectivity index (χ3n) is 6.52. The lowest BCUT2D eigenvalue weighted by molar-refractivity contribution is -0.00423. The summed E-state index contributed by atoms with van der Waals surface area (Å²) < 4.78 is 42.7. The fourth-order valence-electron chi connectivity index (χ4n) is 4.85. The Morgan fingerprint density at radius 3 is 2.88 bits per heavy atom. The van der Waals surface area contributed by atoms with E-state index in [1.807, 2.05) is 0 Å². The number of piperidine rings is 1. The molecule has 0 bridgehead atoms. The van der Waals surface area contributed by atoms with E-state index in [1.165, 1.54) is 23.3 Å². The number of likely N-dealkylation sites (tertiary alicyclic amines) is 1. The molecule has 1 aromatic carbocycles. The fraction of sp³-hybridized carbons (Fsp3) is 0.409. The van der Waals surface area contributed by atoms with Crippen molar-refractivity contribution in [1.29, 1.82) is 0 Å². The van der Waals surface area contributed by atoms with Gasteiger partial charge in [0, 0.05) is 36.5 Å². The molecule has 1 fully saturated rings. The highest BCUT2D eigenvalue weighted by atomic mass is 19.3. The number of fused-ring (bicyclic) bond motifs is 2. The van der Waals surface area contributed by atoms with Crippen molar-refractivity contribution >= 4 is 28.5 Å². The molecule has 2 aliphatic heterocycles. The SMILES string of the molecule is CC1C(C(F)F)=Nc2ncnn2C1[C@@H]1CN(C(=O)c2cnc3c(F)cccc3c2)CC[C@H]1O. The minimum atomic E-state index is -2.77. The number of pyridine rings is 1. The Morgan fingerprint density at radius 1 is 1.27 bits per heavy atom. The summed E-state index contributed by atoms with van der Waals surface area (Å²) in [6.45, 7) is 2.04. The Kier molecular flexibility index (Phi) is 5.35. The molecule has 4 heterocycles. The summed E-state index contributed by atoms with van der Waals surface area (Å²) in [7, 11) is 0. The Morgan fingerprint density at radius 2 is 2.09 bits per heavy atom. The molecule has 1 saturated heterocycles. The number of carbonyl (C=O) groups excluding carboxylic acids is 1. The van der Waals surface area contributed by atoms with Gasteiger partial charge in [-0.2, -0.15) is 10.1 Å². The Bertz CT molecular complexity index is 1250. The standard InChI is InChI=1S/C22H21F3N6O2/c1-11-17(20(24)25)29-22-27-10-28-31(22)19(11)14-9-30(6-5-16(14)32)21(33)13-7-12-3-2-4-15(23)18(12)26-8-13/h2-4,7-8,10-11,14,16,19-20,32H,5-6,9H2,1H3/t11?,14-,16-,19?/m1/s1. The third-order valence-corrected chi connectivity index (χ3v) is 6.52.